The van der Waals surface area contributed by atoms with Crippen LogP contribution in [0.25, 0.3) is 0 Å². The summed E-state index contributed by atoms with van der Waals surface area (Å²) in [6.07, 6.45) is -5.06. The molecule has 0 radical (unpaired) electrons. The zero-order valence-corrected chi connectivity index (χ0v) is 16.5. The largest absolute Gasteiger partial charge is 0.454 e. The van der Waals surface area contributed by atoms with Crippen LogP contribution in [0.1, 0.15) is 5.56 Å². The van der Waals surface area contributed by atoms with E-state index in [1.165, 1.54) is 26.2 Å². The highest BCUT2D eigenvalue weighted by molar-refractivity contribution is 7.89. The molecule has 2 aromatic carbocycles. The van der Waals surface area contributed by atoms with Gasteiger partial charge >= 0.3 is 11.3 Å². The summed E-state index contributed by atoms with van der Waals surface area (Å²) in [5.41, 5.74) is -0.511. The zero-order valence-electron chi connectivity index (χ0n) is 14.9. The van der Waals surface area contributed by atoms with Crippen LogP contribution in [0.2, 0.25) is 0 Å². The molecule has 0 N–H and O–H groups in total. The van der Waals surface area contributed by atoms with Gasteiger partial charge in [0.15, 0.2) is 5.75 Å². The van der Waals surface area contributed by atoms with Crippen molar-refractivity contribution in [1.82, 2.24) is 4.31 Å². The monoisotopic (exact) mass is 444 g/mol. The lowest BCUT2D eigenvalue weighted by molar-refractivity contribution is -0.158. The topological polar surface area (TPSA) is 95.1 Å². The van der Waals surface area contributed by atoms with E-state index >= 15 is 0 Å². The molecule has 1 atom stereocenters. The van der Waals surface area contributed by atoms with E-state index in [1.54, 1.807) is 24.3 Å². The van der Waals surface area contributed by atoms with Crippen LogP contribution < -0.4 is 15.5 Å². The number of alkyl halides is 4. The summed E-state index contributed by atoms with van der Waals surface area (Å²) < 4.78 is 71.8. The molecule has 1 unspecified atom stereocenters. The number of nitriles is 1. The Morgan fingerprint density at radius 2 is 1.83 bits per heavy atom. The van der Waals surface area contributed by atoms with Gasteiger partial charge in [0.25, 0.3) is 0 Å². The molecule has 0 saturated carbocycles. The molecule has 0 bridgehead atoms. The van der Waals surface area contributed by atoms with Crippen molar-refractivity contribution in [3.05, 3.63) is 52.7 Å². The number of halogens is 4. The van der Waals surface area contributed by atoms with Crippen molar-refractivity contribution in [2.45, 2.75) is 16.2 Å². The van der Waals surface area contributed by atoms with Crippen molar-refractivity contribution in [1.29, 1.82) is 5.26 Å². The third-order valence-corrected chi connectivity index (χ3v) is 6.14. The van der Waals surface area contributed by atoms with Gasteiger partial charge in [0.05, 0.1) is 5.36 Å². The Morgan fingerprint density at radius 3 is 2.34 bits per heavy atom. The first-order chi connectivity index (χ1) is 13.4. The molecule has 29 heavy (non-hydrogen) atoms. The molecule has 1 aliphatic rings. The van der Waals surface area contributed by atoms with E-state index in [0.717, 1.165) is 10.4 Å². The van der Waals surface area contributed by atoms with E-state index in [9.17, 15) is 26.9 Å². The van der Waals surface area contributed by atoms with E-state index < -0.39 is 48.2 Å². The third-order valence-electron chi connectivity index (χ3n) is 3.92. The van der Waals surface area contributed by atoms with Crippen LogP contribution in [0, 0.1) is 11.3 Å². The van der Waals surface area contributed by atoms with E-state index in [4.69, 9.17) is 16.3 Å². The first-order valence-electron chi connectivity index (χ1n) is 7.88. The number of para-hydroxylation sites is 1. The Balaban J connectivity index is 2.42. The average Bonchev–Trinajstić information content (AvgIpc) is 3.00. The minimum atomic E-state index is -5.06. The molecule has 2 aromatic rings. The Kier molecular flexibility index (Phi) is 5.06. The molecule has 12 heteroatoms. The second-order valence-electron chi connectivity index (χ2n) is 6.07. The van der Waals surface area contributed by atoms with Gasteiger partial charge in [-0.05, 0) is 18.2 Å². The van der Waals surface area contributed by atoms with E-state index in [0.29, 0.717) is 0 Å². The summed E-state index contributed by atoms with van der Waals surface area (Å²) in [5.74, 6) is -0.327. The summed E-state index contributed by atoms with van der Waals surface area (Å²) in [7, 11) is -1.80. The van der Waals surface area contributed by atoms with Crippen LogP contribution in [0.4, 0.5) is 13.2 Å². The summed E-state index contributed by atoms with van der Waals surface area (Å²) in [6, 6.07) is 10.3. The van der Waals surface area contributed by atoms with Crippen molar-refractivity contribution in [2.24, 2.45) is 9.98 Å². The number of hydrogen-bond acceptors (Lipinski definition) is 6. The predicted octanol–water partition coefficient (Wildman–Crippen LogP) is 2.31. The Labute approximate surface area is 168 Å². The second-order valence-corrected chi connectivity index (χ2v) is 8.72. The first kappa shape index (κ1) is 21.0. The molecule has 7 nitrogen and oxygen atoms in total. The van der Waals surface area contributed by atoms with Gasteiger partial charge in [-0.15, -0.1) is 0 Å². The highest BCUT2D eigenvalue weighted by atomic mass is 35.5. The minimum Gasteiger partial charge on any atom is -0.454 e. The Bertz CT molecular complexity index is 1240. The van der Waals surface area contributed by atoms with Crippen LogP contribution in [0.15, 0.2) is 51.3 Å². The predicted molar refractivity (Wildman–Crippen MR) is 95.5 cm³/mol. The maximum atomic E-state index is 13.4. The molecule has 1 aliphatic heterocycles. The molecule has 0 spiro atoms. The van der Waals surface area contributed by atoms with E-state index in [2.05, 4.69) is 9.98 Å². The minimum absolute atomic E-state index is 0.153. The molecular formula is C17H12ClF3N4O3S. The summed E-state index contributed by atoms with van der Waals surface area (Å²) in [4.78, 5) is 6.21. The fourth-order valence-corrected chi connectivity index (χ4v) is 3.70. The van der Waals surface area contributed by atoms with Gasteiger partial charge in [0, 0.05) is 14.1 Å². The van der Waals surface area contributed by atoms with Crippen molar-refractivity contribution >= 4 is 21.6 Å². The van der Waals surface area contributed by atoms with E-state index in [1.807, 2.05) is 0 Å². The lowest BCUT2D eigenvalue weighted by Gasteiger charge is -2.17. The van der Waals surface area contributed by atoms with Gasteiger partial charge in [-0.25, -0.2) is 22.7 Å². The van der Waals surface area contributed by atoms with Crippen molar-refractivity contribution in [2.75, 3.05) is 14.1 Å². The van der Waals surface area contributed by atoms with Gasteiger partial charge < -0.3 is 4.74 Å². The fourth-order valence-electron chi connectivity index (χ4n) is 2.48. The number of nitrogens with zero attached hydrogens (tertiary/aromatic N) is 4. The lowest BCUT2D eigenvalue weighted by atomic mass is 10.2. The average molecular weight is 445 g/mol. The molecule has 152 valence electrons. The molecule has 0 aliphatic carbocycles. The fraction of sp³-hybridized carbons (Fsp3) is 0.235. The maximum Gasteiger partial charge on any atom is 0.449 e. The van der Waals surface area contributed by atoms with Crippen molar-refractivity contribution in [3.63, 3.8) is 0 Å². The second kappa shape index (κ2) is 6.98. The standard InChI is InChI=1S/C17H12ClF3N4O3S/c1-25(2)29(26,27)13-8-12-14(24-16(18,23-12)17(19,20)21)15(11(13)9-22)28-10-6-4-3-5-7-10/h3-8H,1-2H3. The molecule has 0 amide bonds. The number of hydrogen-bond donors (Lipinski definition) is 0. The molecule has 1 heterocycles. The highest BCUT2D eigenvalue weighted by Gasteiger charge is 2.56. The maximum absolute atomic E-state index is 13.4. The summed E-state index contributed by atoms with van der Waals surface area (Å²) >= 11 is 5.56. The molecule has 3 rings (SSSR count). The molecular weight excluding hydrogens is 433 g/mol. The van der Waals surface area contributed by atoms with Gasteiger partial charge in [0.1, 0.15) is 27.6 Å². The Hall–Kier alpha value is -2.68. The number of rotatable bonds is 4. The van der Waals surface area contributed by atoms with Crippen LogP contribution in [0.3, 0.4) is 0 Å². The smallest absolute Gasteiger partial charge is 0.449 e. The SMILES string of the molecule is CN(C)S(=O)(=O)c1cc2c(c(Oc3ccccc3)c1C#N)=NC(Cl)(C(F)(F)F)N=2. The van der Waals surface area contributed by atoms with Gasteiger partial charge in [0.2, 0.25) is 10.0 Å². The number of benzene rings is 2. The van der Waals surface area contributed by atoms with Crippen molar-refractivity contribution in [3.8, 4) is 17.6 Å². The molecule has 0 aromatic heterocycles. The van der Waals surface area contributed by atoms with Gasteiger partial charge in [-0.3, -0.25) is 0 Å². The number of ether oxygens (including phenoxy) is 1. The van der Waals surface area contributed by atoms with Gasteiger partial charge in [-0.1, -0.05) is 29.8 Å². The van der Waals surface area contributed by atoms with Crippen LogP contribution >= 0.6 is 11.6 Å². The quantitative estimate of drug-likeness (QED) is 0.534. The summed E-state index contributed by atoms with van der Waals surface area (Å²) in [6.45, 7) is 0. The Morgan fingerprint density at radius 1 is 1.21 bits per heavy atom. The first-order valence-corrected chi connectivity index (χ1v) is 9.70. The highest BCUT2D eigenvalue weighted by Crippen LogP contribution is 2.40. The zero-order chi connectivity index (χ0) is 21.6. The normalized spacial score (nSPS) is 18.6. The van der Waals surface area contributed by atoms with Gasteiger partial charge in [-0.2, -0.15) is 18.4 Å². The van der Waals surface area contributed by atoms with Crippen LogP contribution in [-0.2, 0) is 10.0 Å². The van der Waals surface area contributed by atoms with Crippen LogP contribution in [0.5, 0.6) is 11.5 Å². The van der Waals surface area contributed by atoms with Crippen molar-refractivity contribution < 1.29 is 26.3 Å². The molecule has 0 saturated heterocycles. The third kappa shape index (κ3) is 3.55. The van der Waals surface area contributed by atoms with Crippen LogP contribution in [-0.4, -0.2) is 38.1 Å². The number of fused-ring (bicyclic) bond motifs is 1. The lowest BCUT2D eigenvalue weighted by Crippen LogP contribution is -2.35. The van der Waals surface area contributed by atoms with E-state index in [-0.39, 0.29) is 5.75 Å². The summed E-state index contributed by atoms with van der Waals surface area (Å²) in [5, 5.41) is 5.33. The molecule has 0 fully saturated rings. The number of sulfonamides is 1.